The minimum absolute atomic E-state index is 0.226. The second-order valence-electron chi connectivity index (χ2n) is 6.59. The van der Waals surface area contributed by atoms with Crippen molar-refractivity contribution in [2.24, 2.45) is 0 Å². The van der Waals surface area contributed by atoms with E-state index in [1.54, 1.807) is 7.05 Å². The van der Waals surface area contributed by atoms with Crippen LogP contribution in [0.25, 0.3) is 10.9 Å². The maximum Gasteiger partial charge on any atom is 0.271 e. The lowest BCUT2D eigenvalue weighted by atomic mass is 10.2. The second-order valence-corrected chi connectivity index (χ2v) is 6.59. The number of amides is 1. The number of para-hydroxylation sites is 1. The number of carbonyl (C=O) groups is 1. The minimum Gasteiger partial charge on any atom is -0.437 e. The van der Waals surface area contributed by atoms with Gasteiger partial charge >= 0.3 is 0 Å². The van der Waals surface area contributed by atoms with Crippen LogP contribution in [0.3, 0.4) is 0 Å². The number of carbonyl (C=O) groups excluding carboxylic acids is 1. The van der Waals surface area contributed by atoms with E-state index in [1.807, 2.05) is 67.4 Å². The highest BCUT2D eigenvalue weighted by Gasteiger charge is 2.13. The summed E-state index contributed by atoms with van der Waals surface area (Å²) in [6, 6.07) is 15.5. The molecule has 0 atom stereocenters. The van der Waals surface area contributed by atoms with Crippen molar-refractivity contribution >= 4 is 28.3 Å². The van der Waals surface area contributed by atoms with E-state index in [9.17, 15) is 4.79 Å². The van der Waals surface area contributed by atoms with Gasteiger partial charge in [0.25, 0.3) is 5.91 Å². The Hall–Kier alpha value is -4.07. The van der Waals surface area contributed by atoms with Gasteiger partial charge in [0.2, 0.25) is 5.88 Å². The van der Waals surface area contributed by atoms with Crippen molar-refractivity contribution in [1.82, 2.24) is 25.3 Å². The standard InChI is InChI=1S/C22H20N6O2/c1-14-26-18-10-5-4-9-17(18)21(27-14)28(3)15-7-6-8-16(11-15)30-20-13-24-19(12-25-20)22(29)23-2/h4-13H,1-3H3,(H,23,29). The smallest absolute Gasteiger partial charge is 0.271 e. The molecule has 0 aliphatic carbocycles. The Morgan fingerprint density at radius 1 is 1.03 bits per heavy atom. The molecular formula is C22H20N6O2. The quantitative estimate of drug-likeness (QED) is 0.546. The number of nitrogens with zero attached hydrogens (tertiary/aromatic N) is 5. The topological polar surface area (TPSA) is 93.1 Å². The van der Waals surface area contributed by atoms with Crippen LogP contribution in [0.4, 0.5) is 11.5 Å². The van der Waals surface area contributed by atoms with Crippen LogP contribution in [0.5, 0.6) is 11.6 Å². The van der Waals surface area contributed by atoms with Crippen LogP contribution in [-0.2, 0) is 0 Å². The number of aryl methyl sites for hydroxylation is 1. The highest BCUT2D eigenvalue weighted by atomic mass is 16.5. The molecule has 0 radical (unpaired) electrons. The molecule has 2 aromatic heterocycles. The average molecular weight is 400 g/mol. The van der Waals surface area contributed by atoms with Crippen LogP contribution in [0.1, 0.15) is 16.3 Å². The summed E-state index contributed by atoms with van der Waals surface area (Å²) in [6.45, 7) is 1.88. The van der Waals surface area contributed by atoms with Gasteiger partial charge in [-0.25, -0.2) is 19.9 Å². The maximum absolute atomic E-state index is 11.6. The summed E-state index contributed by atoms with van der Waals surface area (Å²) in [5, 5.41) is 3.47. The minimum atomic E-state index is -0.301. The SMILES string of the molecule is CNC(=O)c1cnc(Oc2cccc(N(C)c3nc(C)nc4ccccc34)c2)cn1. The molecule has 8 nitrogen and oxygen atoms in total. The number of hydrogen-bond acceptors (Lipinski definition) is 7. The van der Waals surface area contributed by atoms with Crippen LogP contribution in [0, 0.1) is 6.92 Å². The fourth-order valence-electron chi connectivity index (χ4n) is 3.04. The summed E-state index contributed by atoms with van der Waals surface area (Å²) in [5.74, 6) is 2.10. The first-order chi connectivity index (χ1) is 14.5. The first-order valence-corrected chi connectivity index (χ1v) is 9.34. The molecule has 0 spiro atoms. The number of ether oxygens (including phenoxy) is 1. The van der Waals surface area contributed by atoms with Crippen molar-refractivity contribution in [3.8, 4) is 11.6 Å². The Morgan fingerprint density at radius 3 is 2.63 bits per heavy atom. The number of fused-ring (bicyclic) bond motifs is 1. The van der Waals surface area contributed by atoms with Crippen LogP contribution in [0.2, 0.25) is 0 Å². The zero-order chi connectivity index (χ0) is 21.1. The molecule has 0 aliphatic rings. The van der Waals surface area contributed by atoms with Crippen LogP contribution < -0.4 is 15.0 Å². The molecule has 2 heterocycles. The molecule has 1 amide bonds. The van der Waals surface area contributed by atoms with Crippen molar-refractivity contribution < 1.29 is 9.53 Å². The fraction of sp³-hybridized carbons (Fsp3) is 0.136. The number of aromatic nitrogens is 4. The van der Waals surface area contributed by atoms with Crippen molar-refractivity contribution in [1.29, 1.82) is 0 Å². The molecular weight excluding hydrogens is 380 g/mol. The van der Waals surface area contributed by atoms with Gasteiger partial charge in [0.15, 0.2) is 0 Å². The van der Waals surface area contributed by atoms with Crippen molar-refractivity contribution in [2.45, 2.75) is 6.92 Å². The largest absolute Gasteiger partial charge is 0.437 e. The van der Waals surface area contributed by atoms with E-state index in [1.165, 1.54) is 12.4 Å². The lowest BCUT2D eigenvalue weighted by Crippen LogP contribution is -2.19. The lowest BCUT2D eigenvalue weighted by Gasteiger charge is -2.21. The van der Waals surface area contributed by atoms with E-state index in [0.29, 0.717) is 17.5 Å². The van der Waals surface area contributed by atoms with Crippen LogP contribution in [-0.4, -0.2) is 39.9 Å². The average Bonchev–Trinajstić information content (AvgIpc) is 2.78. The van der Waals surface area contributed by atoms with Gasteiger partial charge in [-0.3, -0.25) is 4.79 Å². The summed E-state index contributed by atoms with van der Waals surface area (Å²) >= 11 is 0. The van der Waals surface area contributed by atoms with E-state index in [-0.39, 0.29) is 11.6 Å². The molecule has 0 unspecified atom stereocenters. The van der Waals surface area contributed by atoms with E-state index in [2.05, 4.69) is 25.3 Å². The van der Waals surface area contributed by atoms with Gasteiger partial charge in [0.05, 0.1) is 17.9 Å². The molecule has 0 bridgehead atoms. The highest BCUT2D eigenvalue weighted by molar-refractivity contribution is 5.92. The summed E-state index contributed by atoms with van der Waals surface area (Å²) < 4.78 is 5.82. The monoisotopic (exact) mass is 400 g/mol. The van der Waals surface area contributed by atoms with E-state index in [0.717, 1.165) is 22.4 Å². The molecule has 0 aliphatic heterocycles. The fourth-order valence-corrected chi connectivity index (χ4v) is 3.04. The zero-order valence-corrected chi connectivity index (χ0v) is 16.8. The van der Waals surface area contributed by atoms with Crippen molar-refractivity contribution in [3.05, 3.63) is 72.4 Å². The van der Waals surface area contributed by atoms with Crippen molar-refractivity contribution in [2.75, 3.05) is 19.0 Å². The van der Waals surface area contributed by atoms with Gasteiger partial charge in [-0.05, 0) is 31.2 Å². The van der Waals surface area contributed by atoms with Gasteiger partial charge < -0.3 is 15.0 Å². The molecule has 30 heavy (non-hydrogen) atoms. The third-order valence-electron chi connectivity index (χ3n) is 4.53. The third-order valence-corrected chi connectivity index (χ3v) is 4.53. The van der Waals surface area contributed by atoms with Gasteiger partial charge in [-0.15, -0.1) is 0 Å². The van der Waals surface area contributed by atoms with Crippen LogP contribution in [0.15, 0.2) is 60.9 Å². The first kappa shape index (κ1) is 19.3. The van der Waals surface area contributed by atoms with E-state index in [4.69, 9.17) is 4.74 Å². The molecule has 2 aromatic carbocycles. The zero-order valence-electron chi connectivity index (χ0n) is 16.8. The summed E-state index contributed by atoms with van der Waals surface area (Å²) in [4.78, 5) is 30.9. The molecule has 0 saturated heterocycles. The van der Waals surface area contributed by atoms with E-state index >= 15 is 0 Å². The molecule has 0 saturated carbocycles. The summed E-state index contributed by atoms with van der Waals surface area (Å²) in [6.07, 6.45) is 2.79. The Balaban J connectivity index is 1.62. The predicted molar refractivity (Wildman–Crippen MR) is 114 cm³/mol. The number of nitrogens with one attached hydrogen (secondary N) is 1. The van der Waals surface area contributed by atoms with Gasteiger partial charge in [-0.2, -0.15) is 0 Å². The molecule has 4 rings (SSSR count). The lowest BCUT2D eigenvalue weighted by molar-refractivity contribution is 0.0957. The number of rotatable bonds is 5. The normalized spacial score (nSPS) is 10.6. The Morgan fingerprint density at radius 2 is 1.87 bits per heavy atom. The molecule has 150 valence electrons. The first-order valence-electron chi connectivity index (χ1n) is 9.34. The predicted octanol–water partition coefficient (Wildman–Crippen LogP) is 3.65. The molecule has 0 fully saturated rings. The Bertz CT molecular complexity index is 1210. The third kappa shape index (κ3) is 3.88. The van der Waals surface area contributed by atoms with Gasteiger partial charge in [0, 0.05) is 31.2 Å². The highest BCUT2D eigenvalue weighted by Crippen LogP contribution is 2.31. The number of hydrogen-bond donors (Lipinski definition) is 1. The Labute approximate surface area is 173 Å². The van der Waals surface area contributed by atoms with Crippen LogP contribution >= 0.6 is 0 Å². The van der Waals surface area contributed by atoms with Crippen molar-refractivity contribution in [3.63, 3.8) is 0 Å². The maximum atomic E-state index is 11.6. The molecule has 8 heteroatoms. The molecule has 1 N–H and O–H groups in total. The van der Waals surface area contributed by atoms with Gasteiger partial charge in [0.1, 0.15) is 23.1 Å². The summed E-state index contributed by atoms with van der Waals surface area (Å²) in [5.41, 5.74) is 2.01. The van der Waals surface area contributed by atoms with E-state index < -0.39 is 0 Å². The second kappa shape index (κ2) is 8.12. The molecule has 4 aromatic rings. The van der Waals surface area contributed by atoms with Gasteiger partial charge in [-0.1, -0.05) is 18.2 Å². The Kier molecular flexibility index (Phi) is 5.21. The number of anilines is 2. The summed E-state index contributed by atoms with van der Waals surface area (Å²) in [7, 11) is 3.49. The number of benzene rings is 2.